The molecule has 1 aromatic carbocycles. The van der Waals surface area contributed by atoms with Crippen molar-refractivity contribution in [2.24, 2.45) is 5.73 Å². The van der Waals surface area contributed by atoms with Crippen molar-refractivity contribution in [2.75, 3.05) is 20.2 Å². The highest BCUT2D eigenvalue weighted by atomic mass is 16.5. The van der Waals surface area contributed by atoms with Crippen LogP contribution in [0.1, 0.15) is 22.3 Å². The van der Waals surface area contributed by atoms with E-state index in [0.717, 1.165) is 24.3 Å². The van der Waals surface area contributed by atoms with Gasteiger partial charge in [-0.15, -0.1) is 0 Å². The van der Waals surface area contributed by atoms with Gasteiger partial charge in [0.1, 0.15) is 5.75 Å². The minimum Gasteiger partial charge on any atom is -0.497 e. The third kappa shape index (κ3) is 3.12. The van der Waals surface area contributed by atoms with Gasteiger partial charge in [-0.1, -0.05) is 12.1 Å². The molecule has 2 heterocycles. The van der Waals surface area contributed by atoms with E-state index in [4.69, 9.17) is 10.5 Å². The Morgan fingerprint density at radius 1 is 1.41 bits per heavy atom. The van der Waals surface area contributed by atoms with E-state index in [9.17, 15) is 4.79 Å². The Balaban J connectivity index is 1.66. The van der Waals surface area contributed by atoms with Crippen LogP contribution in [0.3, 0.4) is 0 Å². The van der Waals surface area contributed by atoms with E-state index in [0.29, 0.717) is 18.7 Å². The van der Waals surface area contributed by atoms with Crippen molar-refractivity contribution in [1.29, 1.82) is 0 Å². The molecule has 2 N–H and O–H groups in total. The first kappa shape index (κ1) is 14.6. The Bertz CT molecular complexity index is 650. The Hall–Kier alpha value is -2.34. The van der Waals surface area contributed by atoms with Gasteiger partial charge in [0.25, 0.3) is 5.91 Å². The molecule has 1 unspecified atom stereocenters. The molecule has 1 amide bonds. The molecule has 2 aromatic rings. The van der Waals surface area contributed by atoms with E-state index in [1.54, 1.807) is 29.1 Å². The van der Waals surface area contributed by atoms with Gasteiger partial charge < -0.3 is 15.4 Å². The predicted molar refractivity (Wildman–Crippen MR) is 82.8 cm³/mol. The lowest BCUT2D eigenvalue weighted by Gasteiger charge is -2.14. The fraction of sp³-hybridized carbons (Fsp3) is 0.375. The third-order valence-electron chi connectivity index (χ3n) is 3.90. The summed E-state index contributed by atoms with van der Waals surface area (Å²) in [5.74, 6) is 0.833. The van der Waals surface area contributed by atoms with Crippen LogP contribution in [0.25, 0.3) is 0 Å². The Labute approximate surface area is 129 Å². The van der Waals surface area contributed by atoms with Crippen LogP contribution in [-0.4, -0.2) is 46.8 Å². The van der Waals surface area contributed by atoms with Gasteiger partial charge in [0.05, 0.1) is 25.4 Å². The lowest BCUT2D eigenvalue weighted by atomic mass is 10.2. The number of aromatic nitrogens is 2. The zero-order valence-electron chi connectivity index (χ0n) is 12.6. The zero-order chi connectivity index (χ0) is 15.5. The summed E-state index contributed by atoms with van der Waals surface area (Å²) in [7, 11) is 1.64. The normalized spacial score (nSPS) is 17.7. The summed E-state index contributed by atoms with van der Waals surface area (Å²) in [6.07, 6.45) is 4.28. The molecule has 116 valence electrons. The number of carbonyl (C=O) groups is 1. The molecule has 1 aromatic heterocycles. The van der Waals surface area contributed by atoms with Gasteiger partial charge >= 0.3 is 0 Å². The largest absolute Gasteiger partial charge is 0.497 e. The van der Waals surface area contributed by atoms with Crippen LogP contribution < -0.4 is 10.5 Å². The lowest BCUT2D eigenvalue weighted by molar-refractivity contribution is 0.0791. The number of benzene rings is 1. The van der Waals surface area contributed by atoms with E-state index >= 15 is 0 Å². The molecule has 22 heavy (non-hydrogen) atoms. The van der Waals surface area contributed by atoms with Crippen molar-refractivity contribution < 1.29 is 9.53 Å². The summed E-state index contributed by atoms with van der Waals surface area (Å²) in [4.78, 5) is 14.1. The average Bonchev–Trinajstić information content (AvgIpc) is 3.16. The molecule has 1 aliphatic heterocycles. The van der Waals surface area contributed by atoms with Gasteiger partial charge in [0.2, 0.25) is 0 Å². The first-order valence-corrected chi connectivity index (χ1v) is 7.36. The Morgan fingerprint density at radius 2 is 2.18 bits per heavy atom. The number of hydrogen-bond acceptors (Lipinski definition) is 4. The Kier molecular flexibility index (Phi) is 4.11. The maximum absolute atomic E-state index is 12.3. The number of ether oxygens (including phenoxy) is 1. The number of rotatable bonds is 4. The molecule has 0 spiro atoms. The first-order valence-electron chi connectivity index (χ1n) is 7.36. The number of amides is 1. The van der Waals surface area contributed by atoms with E-state index in [2.05, 4.69) is 5.10 Å². The molecule has 0 aliphatic carbocycles. The summed E-state index contributed by atoms with van der Waals surface area (Å²) in [6, 6.07) is 7.90. The molecule has 0 saturated carbocycles. The summed E-state index contributed by atoms with van der Waals surface area (Å²) >= 11 is 0. The number of hydrogen-bond donors (Lipinski definition) is 1. The fourth-order valence-corrected chi connectivity index (χ4v) is 2.63. The number of methoxy groups -OCH3 is 1. The molecule has 1 saturated heterocycles. The summed E-state index contributed by atoms with van der Waals surface area (Å²) in [6.45, 7) is 1.98. The molecular weight excluding hydrogens is 280 g/mol. The third-order valence-corrected chi connectivity index (χ3v) is 3.90. The van der Waals surface area contributed by atoms with Crippen LogP contribution >= 0.6 is 0 Å². The van der Waals surface area contributed by atoms with Gasteiger partial charge in [0, 0.05) is 25.3 Å². The monoisotopic (exact) mass is 300 g/mol. The number of carbonyl (C=O) groups excluding carboxylic acids is 1. The van der Waals surface area contributed by atoms with Crippen LogP contribution in [0.5, 0.6) is 5.75 Å². The predicted octanol–water partition coefficient (Wildman–Crippen LogP) is 1.11. The van der Waals surface area contributed by atoms with Crippen LogP contribution in [0, 0.1) is 0 Å². The Morgan fingerprint density at radius 3 is 2.82 bits per heavy atom. The van der Waals surface area contributed by atoms with E-state index in [1.807, 2.05) is 24.3 Å². The maximum Gasteiger partial charge on any atom is 0.257 e. The quantitative estimate of drug-likeness (QED) is 0.918. The molecule has 0 bridgehead atoms. The number of nitrogens with zero attached hydrogens (tertiary/aromatic N) is 3. The second-order valence-corrected chi connectivity index (χ2v) is 5.57. The molecule has 1 atom stereocenters. The van der Waals surface area contributed by atoms with Crippen molar-refractivity contribution >= 4 is 5.91 Å². The van der Waals surface area contributed by atoms with Crippen molar-refractivity contribution in [3.05, 3.63) is 47.8 Å². The van der Waals surface area contributed by atoms with Crippen LogP contribution in [0.2, 0.25) is 0 Å². The molecular formula is C16H20N4O2. The maximum atomic E-state index is 12.3. The minimum absolute atomic E-state index is 0.00827. The van der Waals surface area contributed by atoms with Gasteiger partial charge in [-0.2, -0.15) is 5.10 Å². The van der Waals surface area contributed by atoms with Crippen LogP contribution in [-0.2, 0) is 6.54 Å². The second-order valence-electron chi connectivity index (χ2n) is 5.57. The minimum atomic E-state index is 0.00827. The molecule has 6 heteroatoms. The van der Waals surface area contributed by atoms with Gasteiger partial charge in [-0.25, -0.2) is 0 Å². The van der Waals surface area contributed by atoms with Crippen molar-refractivity contribution in [2.45, 2.75) is 19.0 Å². The van der Waals surface area contributed by atoms with Crippen molar-refractivity contribution in [1.82, 2.24) is 14.7 Å². The smallest absolute Gasteiger partial charge is 0.257 e. The topological polar surface area (TPSA) is 73.4 Å². The SMILES string of the molecule is COc1ccc(Cn2cc(C(=O)N3CCC(N)C3)cn2)cc1. The second kappa shape index (κ2) is 6.19. The van der Waals surface area contributed by atoms with E-state index in [-0.39, 0.29) is 11.9 Å². The average molecular weight is 300 g/mol. The fourth-order valence-electron chi connectivity index (χ4n) is 2.63. The van der Waals surface area contributed by atoms with Crippen LogP contribution in [0.4, 0.5) is 0 Å². The van der Waals surface area contributed by atoms with Crippen molar-refractivity contribution in [3.8, 4) is 5.75 Å². The van der Waals surface area contributed by atoms with E-state index < -0.39 is 0 Å². The highest BCUT2D eigenvalue weighted by molar-refractivity contribution is 5.93. The van der Waals surface area contributed by atoms with Crippen LogP contribution in [0.15, 0.2) is 36.7 Å². The number of likely N-dealkylation sites (tertiary alicyclic amines) is 1. The van der Waals surface area contributed by atoms with E-state index in [1.165, 1.54) is 0 Å². The summed E-state index contributed by atoms with van der Waals surface area (Å²) in [5.41, 5.74) is 7.56. The van der Waals surface area contributed by atoms with Gasteiger partial charge in [-0.3, -0.25) is 9.48 Å². The first-order chi connectivity index (χ1) is 10.7. The summed E-state index contributed by atoms with van der Waals surface area (Å²) < 4.78 is 6.91. The molecule has 1 fully saturated rings. The van der Waals surface area contributed by atoms with Gasteiger partial charge in [0.15, 0.2) is 0 Å². The number of nitrogens with two attached hydrogens (primary N) is 1. The molecule has 1 aliphatic rings. The molecule has 0 radical (unpaired) electrons. The molecule has 3 rings (SSSR count). The standard InChI is InChI=1S/C16H20N4O2/c1-22-15-4-2-12(3-5-15)9-20-10-13(8-18-20)16(21)19-7-6-14(17)11-19/h2-5,8,10,14H,6-7,9,11,17H2,1H3. The summed E-state index contributed by atoms with van der Waals surface area (Å²) in [5, 5.41) is 4.27. The highest BCUT2D eigenvalue weighted by Crippen LogP contribution is 2.14. The van der Waals surface area contributed by atoms with Crippen molar-refractivity contribution in [3.63, 3.8) is 0 Å². The zero-order valence-corrected chi connectivity index (χ0v) is 12.6. The van der Waals surface area contributed by atoms with Gasteiger partial charge in [-0.05, 0) is 24.1 Å². The highest BCUT2D eigenvalue weighted by Gasteiger charge is 2.25. The molecule has 6 nitrogen and oxygen atoms in total. The lowest BCUT2D eigenvalue weighted by Crippen LogP contribution is -2.31.